The molecule has 0 aliphatic carbocycles. The molecule has 0 atom stereocenters. The highest BCUT2D eigenvalue weighted by molar-refractivity contribution is 5.83. The number of pyridine rings is 1. The Morgan fingerprint density at radius 3 is 2.77 bits per heavy atom. The summed E-state index contributed by atoms with van der Waals surface area (Å²) in [5.74, 6) is 0.557. The molecule has 3 heterocycles. The minimum Gasteiger partial charge on any atom is -0.361 e. The van der Waals surface area contributed by atoms with Gasteiger partial charge in [0.1, 0.15) is 5.65 Å². The molecule has 6 heteroatoms. The third-order valence-corrected chi connectivity index (χ3v) is 3.68. The molecule has 3 rings (SSSR count). The number of aromatic nitrogens is 4. The minimum atomic E-state index is -0.0435. The highest BCUT2D eigenvalue weighted by atomic mass is 16.1. The summed E-state index contributed by atoms with van der Waals surface area (Å²) in [4.78, 5) is 24.8. The van der Waals surface area contributed by atoms with Gasteiger partial charge in [-0.1, -0.05) is 0 Å². The Bertz CT molecular complexity index is 864. The fraction of sp³-hybridized carbons (Fsp3) is 0.312. The van der Waals surface area contributed by atoms with E-state index in [-0.39, 0.29) is 5.56 Å². The van der Waals surface area contributed by atoms with Gasteiger partial charge in [0.2, 0.25) is 5.95 Å². The number of nitrogens with zero attached hydrogens (tertiary/aromatic N) is 3. The number of H-pyrrole nitrogens is 1. The van der Waals surface area contributed by atoms with Crippen molar-refractivity contribution < 1.29 is 0 Å². The number of rotatable bonds is 4. The fourth-order valence-corrected chi connectivity index (χ4v) is 2.61. The van der Waals surface area contributed by atoms with Gasteiger partial charge in [-0.2, -0.15) is 4.98 Å². The molecule has 22 heavy (non-hydrogen) atoms. The summed E-state index contributed by atoms with van der Waals surface area (Å²) in [5, 5.41) is 4.01. The van der Waals surface area contributed by atoms with E-state index in [1.54, 1.807) is 4.57 Å². The summed E-state index contributed by atoms with van der Waals surface area (Å²) in [6.45, 7) is 7.18. The Hall–Kier alpha value is -2.63. The van der Waals surface area contributed by atoms with Gasteiger partial charge < -0.3 is 10.3 Å². The molecule has 0 amide bonds. The first-order valence-corrected chi connectivity index (χ1v) is 7.45. The highest BCUT2D eigenvalue weighted by Gasteiger charge is 2.14. The molecule has 6 nitrogen and oxygen atoms in total. The molecule has 2 N–H and O–H groups in total. The Morgan fingerprint density at radius 2 is 2.14 bits per heavy atom. The van der Waals surface area contributed by atoms with Crippen LogP contribution in [0.3, 0.4) is 0 Å². The van der Waals surface area contributed by atoms with Crippen LogP contribution in [-0.4, -0.2) is 26.1 Å². The van der Waals surface area contributed by atoms with Gasteiger partial charge in [0.15, 0.2) is 0 Å². The number of anilines is 1. The molecular weight excluding hydrogens is 278 g/mol. The maximum atomic E-state index is 12.8. The first-order valence-electron chi connectivity index (χ1n) is 7.45. The summed E-state index contributed by atoms with van der Waals surface area (Å²) in [6.07, 6.45) is 1.81. The van der Waals surface area contributed by atoms with Crippen LogP contribution < -0.4 is 10.9 Å². The molecule has 0 radical (unpaired) electrons. The lowest BCUT2D eigenvalue weighted by Gasteiger charge is -2.13. The molecule has 0 aromatic carbocycles. The number of fused-ring (bicyclic) bond motifs is 1. The molecule has 0 saturated heterocycles. The predicted octanol–water partition coefficient (Wildman–Crippen LogP) is 2.55. The zero-order valence-electron chi connectivity index (χ0n) is 13.0. The molecule has 0 bridgehead atoms. The van der Waals surface area contributed by atoms with E-state index in [0.29, 0.717) is 23.7 Å². The van der Waals surface area contributed by atoms with E-state index in [2.05, 4.69) is 20.3 Å². The molecule has 0 unspecified atom stereocenters. The molecule has 0 fully saturated rings. The van der Waals surface area contributed by atoms with E-state index in [1.165, 1.54) is 0 Å². The zero-order valence-corrected chi connectivity index (χ0v) is 13.0. The standard InChI is InChI=1S/C16H19N5O/c1-4-17-16-19-10(3)11-9-12(13-7-6-8-18-13)15(22)21(5-2)14(11)20-16/h6-9,18H,4-5H2,1-3H3,(H,17,19,20). The van der Waals surface area contributed by atoms with Crippen LogP contribution in [0.15, 0.2) is 29.2 Å². The summed E-state index contributed by atoms with van der Waals surface area (Å²) in [7, 11) is 0. The lowest BCUT2D eigenvalue weighted by Crippen LogP contribution is -2.23. The van der Waals surface area contributed by atoms with E-state index in [4.69, 9.17) is 0 Å². The largest absolute Gasteiger partial charge is 0.361 e. The van der Waals surface area contributed by atoms with E-state index in [9.17, 15) is 4.79 Å². The average molecular weight is 297 g/mol. The molecule has 3 aromatic rings. The molecule has 0 spiro atoms. The lowest BCUT2D eigenvalue weighted by molar-refractivity contribution is 0.749. The van der Waals surface area contributed by atoms with Crippen molar-refractivity contribution in [3.8, 4) is 11.3 Å². The summed E-state index contributed by atoms with van der Waals surface area (Å²) >= 11 is 0. The van der Waals surface area contributed by atoms with Crippen LogP contribution in [0.2, 0.25) is 0 Å². The van der Waals surface area contributed by atoms with Crippen LogP contribution in [0, 0.1) is 6.92 Å². The lowest BCUT2D eigenvalue weighted by atomic mass is 10.1. The van der Waals surface area contributed by atoms with Gasteiger partial charge in [-0.3, -0.25) is 9.36 Å². The Balaban J connectivity index is 2.36. The van der Waals surface area contributed by atoms with Crippen molar-refractivity contribution in [2.24, 2.45) is 0 Å². The van der Waals surface area contributed by atoms with Gasteiger partial charge in [0.25, 0.3) is 5.56 Å². The van der Waals surface area contributed by atoms with Crippen molar-refractivity contribution >= 4 is 17.0 Å². The number of hydrogen-bond acceptors (Lipinski definition) is 4. The van der Waals surface area contributed by atoms with Crippen LogP contribution in [0.5, 0.6) is 0 Å². The van der Waals surface area contributed by atoms with Crippen molar-refractivity contribution in [3.63, 3.8) is 0 Å². The fourth-order valence-electron chi connectivity index (χ4n) is 2.61. The van der Waals surface area contributed by atoms with E-state index in [0.717, 1.165) is 23.3 Å². The van der Waals surface area contributed by atoms with Gasteiger partial charge in [-0.15, -0.1) is 0 Å². The van der Waals surface area contributed by atoms with E-state index < -0.39 is 0 Å². The molecular formula is C16H19N5O. The van der Waals surface area contributed by atoms with E-state index >= 15 is 0 Å². The van der Waals surface area contributed by atoms with Crippen LogP contribution in [-0.2, 0) is 6.54 Å². The zero-order chi connectivity index (χ0) is 15.7. The average Bonchev–Trinajstić information content (AvgIpc) is 3.01. The van der Waals surface area contributed by atoms with Gasteiger partial charge in [0.05, 0.1) is 17.0 Å². The highest BCUT2D eigenvalue weighted by Crippen LogP contribution is 2.22. The van der Waals surface area contributed by atoms with Crippen molar-refractivity contribution in [2.45, 2.75) is 27.3 Å². The van der Waals surface area contributed by atoms with Crippen molar-refractivity contribution in [2.75, 3.05) is 11.9 Å². The predicted molar refractivity (Wildman–Crippen MR) is 88.2 cm³/mol. The topological polar surface area (TPSA) is 75.6 Å². The number of nitrogens with one attached hydrogen (secondary N) is 2. The molecule has 114 valence electrons. The van der Waals surface area contributed by atoms with Crippen molar-refractivity contribution in [1.82, 2.24) is 19.5 Å². The molecule has 0 saturated carbocycles. The smallest absolute Gasteiger partial charge is 0.261 e. The first kappa shape index (κ1) is 14.3. The van der Waals surface area contributed by atoms with Gasteiger partial charge in [0, 0.05) is 24.7 Å². The minimum absolute atomic E-state index is 0.0435. The van der Waals surface area contributed by atoms with Crippen LogP contribution >= 0.6 is 0 Å². The SMILES string of the molecule is CCNc1nc(C)c2cc(-c3ccc[nH]3)c(=O)n(CC)c2n1. The Morgan fingerprint density at radius 1 is 1.32 bits per heavy atom. The molecule has 0 aliphatic rings. The maximum absolute atomic E-state index is 12.8. The Kier molecular flexibility index (Phi) is 3.66. The second-order valence-electron chi connectivity index (χ2n) is 5.09. The summed E-state index contributed by atoms with van der Waals surface area (Å²) in [5.41, 5.74) is 2.94. The monoisotopic (exact) mass is 297 g/mol. The van der Waals surface area contributed by atoms with Gasteiger partial charge >= 0.3 is 0 Å². The second-order valence-corrected chi connectivity index (χ2v) is 5.09. The molecule has 0 aliphatic heterocycles. The normalized spacial score (nSPS) is 11.0. The summed E-state index contributed by atoms with van der Waals surface area (Å²) in [6, 6.07) is 5.65. The van der Waals surface area contributed by atoms with Crippen LogP contribution in [0.1, 0.15) is 19.5 Å². The van der Waals surface area contributed by atoms with Crippen molar-refractivity contribution in [1.29, 1.82) is 0 Å². The molecule has 3 aromatic heterocycles. The van der Waals surface area contributed by atoms with Crippen LogP contribution in [0.25, 0.3) is 22.3 Å². The van der Waals surface area contributed by atoms with E-state index in [1.807, 2.05) is 45.2 Å². The van der Waals surface area contributed by atoms with Crippen molar-refractivity contribution in [3.05, 3.63) is 40.4 Å². The number of aryl methyl sites for hydroxylation is 2. The number of hydrogen-bond donors (Lipinski definition) is 2. The first-order chi connectivity index (χ1) is 10.7. The third kappa shape index (κ3) is 2.26. The van der Waals surface area contributed by atoms with Gasteiger partial charge in [-0.05, 0) is 39.0 Å². The third-order valence-electron chi connectivity index (χ3n) is 3.68. The summed E-state index contributed by atoms with van der Waals surface area (Å²) < 4.78 is 1.70. The maximum Gasteiger partial charge on any atom is 0.261 e. The van der Waals surface area contributed by atoms with Gasteiger partial charge in [-0.25, -0.2) is 4.98 Å². The Labute approximate surface area is 128 Å². The second kappa shape index (κ2) is 5.63. The number of aromatic amines is 1. The van der Waals surface area contributed by atoms with Crippen LogP contribution in [0.4, 0.5) is 5.95 Å². The quantitative estimate of drug-likeness (QED) is 0.776.